The molecule has 0 aliphatic carbocycles. The molecule has 7 heteroatoms. The molecule has 1 aromatic heterocycles. The van der Waals surface area contributed by atoms with Crippen LogP contribution in [-0.4, -0.2) is 42.0 Å². The van der Waals surface area contributed by atoms with E-state index in [0.29, 0.717) is 6.61 Å². The number of carbonyl (C=O) groups excluding carboxylic acids is 1. The first-order valence-electron chi connectivity index (χ1n) is 10.2. The van der Waals surface area contributed by atoms with Crippen molar-refractivity contribution in [1.29, 1.82) is 0 Å². The molecule has 1 amide bonds. The number of hydrogen-bond acceptors (Lipinski definition) is 4. The molecule has 2 atom stereocenters. The third kappa shape index (κ3) is 5.45. The molecule has 2 aliphatic rings. The summed E-state index contributed by atoms with van der Waals surface area (Å²) in [6, 6.07) is 7.85. The van der Waals surface area contributed by atoms with Crippen molar-refractivity contribution in [3.8, 4) is 5.75 Å². The fraction of sp³-hybridized carbons (Fsp3) is 0.478. The average molecular weight is 452 g/mol. The van der Waals surface area contributed by atoms with Crippen molar-refractivity contribution >= 4 is 30.7 Å². The van der Waals surface area contributed by atoms with E-state index in [1.54, 1.807) is 6.20 Å². The Kier molecular flexibility index (Phi) is 8.95. The van der Waals surface area contributed by atoms with E-state index in [4.69, 9.17) is 4.74 Å². The molecule has 0 saturated carbocycles. The number of fused-ring (bicyclic) bond motifs is 1. The quantitative estimate of drug-likeness (QED) is 0.756. The second-order valence-corrected chi connectivity index (χ2v) is 8.14. The van der Waals surface area contributed by atoms with Crippen molar-refractivity contribution in [1.82, 2.24) is 15.2 Å². The zero-order valence-corrected chi connectivity index (χ0v) is 19.2. The summed E-state index contributed by atoms with van der Waals surface area (Å²) in [7, 11) is 0. The van der Waals surface area contributed by atoms with Gasteiger partial charge >= 0.3 is 0 Å². The normalized spacial score (nSPS) is 20.4. The topological polar surface area (TPSA) is 54.5 Å². The highest BCUT2D eigenvalue weighted by molar-refractivity contribution is 5.95. The van der Waals surface area contributed by atoms with Crippen LogP contribution in [0.2, 0.25) is 0 Å². The standard InChI is InChI=1S/C23H29N3O2.2ClH/c1-16-10-21(11-17(2)22(16)28-15-18-4-3-7-24-12-18)23(27)26-8-5-19-13-25-14-20(19)6-9-26;;/h3-4,7,10-12,19-20,25H,5-6,8-9,13-15H2,1-2H3;2*1H/t19-,20+;;. The predicted octanol–water partition coefficient (Wildman–Crippen LogP) is 4.19. The summed E-state index contributed by atoms with van der Waals surface area (Å²) in [5.74, 6) is 2.46. The summed E-state index contributed by atoms with van der Waals surface area (Å²) in [5, 5.41) is 3.49. The number of nitrogens with one attached hydrogen (secondary N) is 1. The van der Waals surface area contributed by atoms with Crippen LogP contribution in [0.4, 0.5) is 0 Å². The number of halogens is 2. The Morgan fingerprint density at radius 3 is 2.33 bits per heavy atom. The summed E-state index contributed by atoms with van der Waals surface area (Å²) in [5.41, 5.74) is 3.81. The average Bonchev–Trinajstić information content (AvgIpc) is 3.06. The largest absolute Gasteiger partial charge is 0.488 e. The number of nitrogens with zero attached hydrogens (tertiary/aromatic N) is 2. The summed E-state index contributed by atoms with van der Waals surface area (Å²) >= 11 is 0. The molecular formula is C23H31Cl2N3O2. The number of ether oxygens (including phenoxy) is 1. The van der Waals surface area contributed by atoms with Crippen molar-refractivity contribution < 1.29 is 9.53 Å². The van der Waals surface area contributed by atoms with Crippen molar-refractivity contribution in [2.75, 3.05) is 26.2 Å². The van der Waals surface area contributed by atoms with Crippen LogP contribution in [0.1, 0.15) is 39.9 Å². The minimum atomic E-state index is 0. The van der Waals surface area contributed by atoms with Gasteiger partial charge in [-0.25, -0.2) is 0 Å². The first-order valence-corrected chi connectivity index (χ1v) is 10.2. The number of hydrogen-bond donors (Lipinski definition) is 1. The zero-order chi connectivity index (χ0) is 19.5. The molecule has 0 radical (unpaired) electrons. The molecule has 2 saturated heterocycles. The van der Waals surface area contributed by atoms with Crippen LogP contribution in [0.15, 0.2) is 36.7 Å². The number of amides is 1. The van der Waals surface area contributed by atoms with Gasteiger partial charge < -0.3 is 15.0 Å². The van der Waals surface area contributed by atoms with Crippen molar-refractivity contribution in [3.05, 3.63) is 58.9 Å². The van der Waals surface area contributed by atoms with E-state index in [1.165, 1.54) is 0 Å². The molecule has 5 nitrogen and oxygen atoms in total. The van der Waals surface area contributed by atoms with Gasteiger partial charge in [-0.3, -0.25) is 9.78 Å². The monoisotopic (exact) mass is 451 g/mol. The number of pyridine rings is 1. The third-order valence-electron chi connectivity index (χ3n) is 6.12. The molecule has 0 unspecified atom stereocenters. The van der Waals surface area contributed by atoms with Gasteiger partial charge in [-0.1, -0.05) is 6.07 Å². The first kappa shape index (κ1) is 24.4. The van der Waals surface area contributed by atoms with Gasteiger partial charge in [-0.05, 0) is 80.9 Å². The molecule has 2 aliphatic heterocycles. The molecule has 0 bridgehead atoms. The van der Waals surface area contributed by atoms with Gasteiger partial charge in [-0.2, -0.15) is 0 Å². The van der Waals surface area contributed by atoms with Gasteiger partial charge in [0.25, 0.3) is 5.91 Å². The SMILES string of the molecule is Cc1cc(C(=O)N2CC[C@@H]3CNC[C@@H]3CC2)cc(C)c1OCc1cccnc1.Cl.Cl. The van der Waals surface area contributed by atoms with Gasteiger partial charge in [0, 0.05) is 36.6 Å². The van der Waals surface area contributed by atoms with Crippen molar-refractivity contribution in [2.45, 2.75) is 33.3 Å². The lowest BCUT2D eigenvalue weighted by Crippen LogP contribution is -2.32. The molecule has 0 spiro atoms. The Labute approximate surface area is 191 Å². The van der Waals surface area contributed by atoms with E-state index < -0.39 is 0 Å². The number of carbonyl (C=O) groups is 1. The van der Waals surface area contributed by atoms with E-state index in [2.05, 4.69) is 10.3 Å². The highest BCUT2D eigenvalue weighted by atomic mass is 35.5. The van der Waals surface area contributed by atoms with Gasteiger partial charge in [-0.15, -0.1) is 24.8 Å². The van der Waals surface area contributed by atoms with E-state index >= 15 is 0 Å². The smallest absolute Gasteiger partial charge is 0.253 e. The van der Waals surface area contributed by atoms with Gasteiger partial charge in [0.05, 0.1) is 0 Å². The maximum Gasteiger partial charge on any atom is 0.253 e. The lowest BCUT2D eigenvalue weighted by Gasteiger charge is -2.22. The van der Waals surface area contributed by atoms with Crippen molar-refractivity contribution in [2.24, 2.45) is 11.8 Å². The van der Waals surface area contributed by atoms with Gasteiger partial charge in [0.15, 0.2) is 0 Å². The highest BCUT2D eigenvalue weighted by Crippen LogP contribution is 2.29. The molecule has 30 heavy (non-hydrogen) atoms. The second kappa shape index (κ2) is 11.0. The highest BCUT2D eigenvalue weighted by Gasteiger charge is 2.31. The van der Waals surface area contributed by atoms with Crippen LogP contribution in [0.5, 0.6) is 5.75 Å². The molecule has 164 valence electrons. The van der Waals surface area contributed by atoms with Crippen LogP contribution in [0, 0.1) is 25.7 Å². The van der Waals surface area contributed by atoms with E-state index in [0.717, 1.165) is 78.9 Å². The van der Waals surface area contributed by atoms with Gasteiger partial charge in [0.2, 0.25) is 0 Å². The van der Waals surface area contributed by atoms with Crippen LogP contribution in [-0.2, 0) is 6.61 Å². The summed E-state index contributed by atoms with van der Waals surface area (Å²) in [6.07, 6.45) is 5.78. The number of likely N-dealkylation sites (tertiary alicyclic amines) is 1. The molecule has 4 rings (SSSR count). The Morgan fingerprint density at radius 1 is 1.13 bits per heavy atom. The Hall–Kier alpha value is -1.82. The van der Waals surface area contributed by atoms with Gasteiger partial charge in [0.1, 0.15) is 12.4 Å². The predicted molar refractivity (Wildman–Crippen MR) is 124 cm³/mol. The van der Waals surface area contributed by atoms with E-state index in [1.807, 2.05) is 49.2 Å². The second-order valence-electron chi connectivity index (χ2n) is 8.14. The molecule has 3 heterocycles. The van der Waals surface area contributed by atoms with E-state index in [9.17, 15) is 4.79 Å². The van der Waals surface area contributed by atoms with Crippen LogP contribution >= 0.6 is 24.8 Å². The first-order chi connectivity index (χ1) is 13.6. The molecule has 2 aromatic rings. The van der Waals surface area contributed by atoms with Crippen LogP contribution in [0.3, 0.4) is 0 Å². The molecular weight excluding hydrogens is 421 g/mol. The number of rotatable bonds is 4. The maximum atomic E-state index is 13.1. The lowest BCUT2D eigenvalue weighted by molar-refractivity contribution is 0.0758. The maximum absolute atomic E-state index is 13.1. The minimum Gasteiger partial charge on any atom is -0.488 e. The fourth-order valence-electron chi connectivity index (χ4n) is 4.54. The minimum absolute atomic E-state index is 0. The number of benzene rings is 1. The van der Waals surface area contributed by atoms with Crippen LogP contribution in [0.25, 0.3) is 0 Å². The van der Waals surface area contributed by atoms with E-state index in [-0.39, 0.29) is 30.7 Å². The summed E-state index contributed by atoms with van der Waals surface area (Å²) in [6.45, 7) is 8.44. The van der Waals surface area contributed by atoms with Crippen LogP contribution < -0.4 is 10.1 Å². The van der Waals surface area contributed by atoms with Crippen molar-refractivity contribution in [3.63, 3.8) is 0 Å². The molecule has 1 aromatic carbocycles. The number of aryl methyl sites for hydroxylation is 2. The molecule has 1 N–H and O–H groups in total. The lowest BCUT2D eigenvalue weighted by atomic mass is 9.92. The molecule has 2 fully saturated rings. The summed E-state index contributed by atoms with van der Waals surface area (Å²) in [4.78, 5) is 19.3. The third-order valence-corrected chi connectivity index (χ3v) is 6.12. The Balaban J connectivity index is 0.00000160. The Bertz CT molecular complexity index is 811. The Morgan fingerprint density at radius 2 is 1.77 bits per heavy atom. The zero-order valence-electron chi connectivity index (χ0n) is 17.6. The number of aromatic nitrogens is 1. The summed E-state index contributed by atoms with van der Waals surface area (Å²) < 4.78 is 6.03. The fourth-order valence-corrected chi connectivity index (χ4v) is 4.54.